The van der Waals surface area contributed by atoms with Crippen molar-refractivity contribution >= 4 is 11.2 Å². The van der Waals surface area contributed by atoms with E-state index in [1.165, 1.54) is 30.3 Å². The van der Waals surface area contributed by atoms with Crippen molar-refractivity contribution in [2.24, 2.45) is 21.1 Å². The van der Waals surface area contributed by atoms with Gasteiger partial charge < -0.3 is 9.30 Å². The molecule has 0 bridgehead atoms. The van der Waals surface area contributed by atoms with Crippen LogP contribution in [0.2, 0.25) is 0 Å². The zero-order chi connectivity index (χ0) is 16.2. The summed E-state index contributed by atoms with van der Waals surface area (Å²) in [6, 6.07) is 0.0837. The summed E-state index contributed by atoms with van der Waals surface area (Å²) < 4.78 is 8.43. The van der Waals surface area contributed by atoms with Gasteiger partial charge in [0.05, 0.1) is 7.11 Å². The van der Waals surface area contributed by atoms with Gasteiger partial charge in [0.2, 0.25) is 0 Å². The summed E-state index contributed by atoms with van der Waals surface area (Å²) in [7, 11) is 5.71. The molecule has 114 valence electrons. The summed E-state index contributed by atoms with van der Waals surface area (Å²) >= 11 is 0. The molecule has 0 aliphatic carbocycles. The number of hydrogen-bond acceptors (Lipinski definition) is 7. The van der Waals surface area contributed by atoms with Gasteiger partial charge >= 0.3 is 11.7 Å². The molecule has 2 aliphatic rings. The van der Waals surface area contributed by atoms with Crippen LogP contribution in [0.15, 0.2) is 14.4 Å². The smallest absolute Gasteiger partial charge is 0.352 e. The van der Waals surface area contributed by atoms with Crippen molar-refractivity contribution in [1.82, 2.24) is 28.7 Å². The minimum atomic E-state index is -0.704. The highest BCUT2D eigenvalue weighted by molar-refractivity contribution is 5.75. The van der Waals surface area contributed by atoms with Gasteiger partial charge in [-0.05, 0) is 0 Å². The molecule has 0 amide bonds. The van der Waals surface area contributed by atoms with E-state index in [9.17, 15) is 14.4 Å². The van der Waals surface area contributed by atoms with Gasteiger partial charge in [0, 0.05) is 21.1 Å². The van der Waals surface area contributed by atoms with E-state index in [0.29, 0.717) is 0 Å². The summed E-state index contributed by atoms with van der Waals surface area (Å²) in [6.45, 7) is 0. The second-order valence-corrected chi connectivity index (χ2v) is 4.74. The predicted molar refractivity (Wildman–Crippen MR) is 76.2 cm³/mol. The van der Waals surface area contributed by atoms with Crippen molar-refractivity contribution in [2.75, 3.05) is 7.11 Å². The zero-order valence-corrected chi connectivity index (χ0v) is 12.3. The number of ether oxygens (including phenoxy) is 1. The van der Waals surface area contributed by atoms with Crippen LogP contribution in [0.5, 0.6) is 6.01 Å². The van der Waals surface area contributed by atoms with Gasteiger partial charge in [0.15, 0.2) is 22.7 Å². The quantitative estimate of drug-likeness (QED) is 0.489. The summed E-state index contributed by atoms with van der Waals surface area (Å²) in [5, 5.41) is 0. The minimum Gasteiger partial charge on any atom is -0.468 e. The Hall–Kier alpha value is -3.04. The molecule has 3 rings (SSSR count). The van der Waals surface area contributed by atoms with Gasteiger partial charge in [0.1, 0.15) is 0 Å². The lowest BCUT2D eigenvalue weighted by atomic mass is 10.3. The zero-order valence-electron chi connectivity index (χ0n) is 12.3. The second kappa shape index (κ2) is 4.48. The molecule has 0 spiro atoms. The number of hydrogen-bond donors (Lipinski definition) is 0. The van der Waals surface area contributed by atoms with Gasteiger partial charge in [-0.1, -0.05) is 0 Å². The molecule has 0 aromatic carbocycles. The Morgan fingerprint density at radius 3 is 2.18 bits per heavy atom. The van der Waals surface area contributed by atoms with Gasteiger partial charge in [-0.2, -0.15) is 9.97 Å². The normalized spacial score (nSPS) is 11.3. The average molecular weight is 304 g/mol. The Morgan fingerprint density at radius 2 is 1.55 bits per heavy atom. The fourth-order valence-electron chi connectivity index (χ4n) is 2.18. The van der Waals surface area contributed by atoms with Crippen LogP contribution in [0.4, 0.5) is 0 Å². The second-order valence-electron chi connectivity index (χ2n) is 4.74. The molecule has 2 aliphatic heterocycles. The first kappa shape index (κ1) is 13.9. The third-order valence-corrected chi connectivity index (χ3v) is 3.46. The monoisotopic (exact) mass is 304 g/mol. The van der Waals surface area contributed by atoms with Gasteiger partial charge in [-0.15, -0.1) is 0 Å². The van der Waals surface area contributed by atoms with Crippen LogP contribution >= 0.6 is 0 Å². The number of methoxy groups -OCH3 is 1. The largest absolute Gasteiger partial charge is 0.468 e. The summed E-state index contributed by atoms with van der Waals surface area (Å²) in [6.07, 6.45) is 0. The lowest BCUT2D eigenvalue weighted by Crippen LogP contribution is -2.37. The Labute approximate surface area is 122 Å². The fraction of sp³-hybridized carbons (Fsp3) is 0.333. The van der Waals surface area contributed by atoms with Crippen molar-refractivity contribution in [3.05, 3.63) is 31.2 Å². The molecule has 10 heteroatoms. The van der Waals surface area contributed by atoms with Gasteiger partial charge in [-0.3, -0.25) is 18.7 Å². The number of fused-ring (bicyclic) bond motifs is 2. The van der Waals surface area contributed by atoms with Crippen LogP contribution in [-0.2, 0) is 21.1 Å². The van der Waals surface area contributed by atoms with Crippen LogP contribution in [-0.4, -0.2) is 35.8 Å². The Morgan fingerprint density at radius 1 is 0.864 bits per heavy atom. The highest BCUT2D eigenvalue weighted by Crippen LogP contribution is 2.17. The number of rotatable bonds is 1. The highest BCUT2D eigenvalue weighted by atomic mass is 16.5. The molecule has 3 heterocycles. The Kier molecular flexibility index (Phi) is 2.83. The van der Waals surface area contributed by atoms with Crippen molar-refractivity contribution < 1.29 is 4.74 Å². The molecular weight excluding hydrogens is 292 g/mol. The molecule has 0 atom stereocenters. The summed E-state index contributed by atoms with van der Waals surface area (Å²) in [5.41, 5.74) is -1.69. The van der Waals surface area contributed by atoms with Crippen LogP contribution < -0.4 is 21.5 Å². The van der Waals surface area contributed by atoms with Crippen LogP contribution in [0.1, 0.15) is 0 Å². The third-order valence-electron chi connectivity index (χ3n) is 3.46. The first-order valence-corrected chi connectivity index (χ1v) is 6.25. The van der Waals surface area contributed by atoms with E-state index in [2.05, 4.69) is 15.0 Å². The summed E-state index contributed by atoms with van der Waals surface area (Å²) in [4.78, 5) is 48.2. The first-order valence-electron chi connectivity index (χ1n) is 6.25. The van der Waals surface area contributed by atoms with Crippen molar-refractivity contribution in [3.8, 4) is 17.5 Å². The maximum atomic E-state index is 12.3. The van der Waals surface area contributed by atoms with Crippen LogP contribution in [0.25, 0.3) is 22.7 Å². The molecular formula is C12H12N6O4. The van der Waals surface area contributed by atoms with E-state index in [0.717, 1.165) is 4.57 Å². The average Bonchev–Trinajstić information content (AvgIpc) is 2.50. The Bertz CT molecular complexity index is 1060. The van der Waals surface area contributed by atoms with E-state index in [4.69, 9.17) is 4.74 Å². The molecule has 22 heavy (non-hydrogen) atoms. The standard InChI is InChI=1S/C12H12N6O4/c1-16-7-5(9(19)17(2)11(21)14-7)13-6-8(16)15-12(22-4)18(3)10(6)20/h1-4H3. The molecule has 1 aromatic rings. The molecule has 1 aromatic heterocycles. The molecule has 10 nitrogen and oxygen atoms in total. The van der Waals surface area contributed by atoms with E-state index < -0.39 is 16.8 Å². The molecule has 0 unspecified atom stereocenters. The van der Waals surface area contributed by atoms with Crippen LogP contribution in [0, 0.1) is 0 Å². The minimum absolute atomic E-state index is 0.00384. The SMILES string of the molecule is COc1nc2c(nc3c(=O)n(C)c(=O)nc-3n2C)c(=O)n1C. The lowest BCUT2D eigenvalue weighted by molar-refractivity contribution is 0.358. The highest BCUT2D eigenvalue weighted by Gasteiger charge is 2.22. The fourth-order valence-corrected chi connectivity index (χ4v) is 2.18. The topological polar surface area (TPSA) is 114 Å². The number of aromatic nitrogens is 6. The van der Waals surface area contributed by atoms with Crippen molar-refractivity contribution in [3.63, 3.8) is 0 Å². The van der Waals surface area contributed by atoms with E-state index >= 15 is 0 Å². The van der Waals surface area contributed by atoms with Crippen molar-refractivity contribution in [2.45, 2.75) is 0 Å². The molecule has 0 saturated heterocycles. The predicted octanol–water partition coefficient (Wildman–Crippen LogP) is -1.77. The van der Waals surface area contributed by atoms with E-state index in [1.54, 1.807) is 7.05 Å². The molecule has 0 saturated carbocycles. The van der Waals surface area contributed by atoms with Crippen molar-refractivity contribution in [1.29, 1.82) is 0 Å². The van der Waals surface area contributed by atoms with E-state index in [1.807, 2.05) is 0 Å². The lowest BCUT2D eigenvalue weighted by Gasteiger charge is -2.14. The van der Waals surface area contributed by atoms with Gasteiger partial charge in [0.25, 0.3) is 11.1 Å². The van der Waals surface area contributed by atoms with Crippen LogP contribution in [0.3, 0.4) is 0 Å². The molecule has 0 N–H and O–H groups in total. The number of aryl methyl sites for hydroxylation is 1. The van der Waals surface area contributed by atoms with E-state index in [-0.39, 0.29) is 28.7 Å². The first-order chi connectivity index (χ1) is 10.4. The molecule has 0 radical (unpaired) electrons. The van der Waals surface area contributed by atoms with Gasteiger partial charge in [-0.25, -0.2) is 9.78 Å². The molecule has 0 fully saturated rings. The number of nitrogens with zero attached hydrogens (tertiary/aromatic N) is 6. The Balaban J connectivity index is 2.65. The maximum Gasteiger partial charge on any atom is 0.352 e. The third kappa shape index (κ3) is 1.66. The summed E-state index contributed by atoms with van der Waals surface area (Å²) in [5.74, 6) is 0.0587. The maximum absolute atomic E-state index is 12.3.